The number of sulfonamides is 2. The Balaban J connectivity index is 1.40. The zero-order valence-corrected chi connectivity index (χ0v) is 28.6. The van der Waals surface area contributed by atoms with E-state index in [2.05, 4.69) is 18.6 Å². The van der Waals surface area contributed by atoms with Crippen molar-refractivity contribution < 1.29 is 31.1 Å². The second-order valence-electron chi connectivity index (χ2n) is 14.2. The third-order valence-electron chi connectivity index (χ3n) is 11.4. The molecule has 0 radical (unpaired) electrons. The summed E-state index contributed by atoms with van der Waals surface area (Å²) in [6, 6.07) is 6.41. The predicted molar refractivity (Wildman–Crippen MR) is 170 cm³/mol. The maximum atomic E-state index is 14.7. The molecule has 0 spiro atoms. The molecule has 0 unspecified atom stereocenters. The second-order valence-corrected chi connectivity index (χ2v) is 17.8. The number of hydrogen-bond acceptors (Lipinski definition) is 7. The third kappa shape index (κ3) is 6.64. The van der Waals surface area contributed by atoms with Gasteiger partial charge in [0.25, 0.3) is 0 Å². The lowest BCUT2D eigenvalue weighted by atomic mass is 9.69. The SMILES string of the molecule is CCO[C@@H](NS(=O)(=O)c1ccc(C)cc1)C(=O)O[C@@H]1C[C@H]2CC[C@]1(CS(=O)(=O)N(C1CCCCC1)C1CCCCC1)C2(C)C. The zero-order valence-electron chi connectivity index (χ0n) is 26.9. The molecule has 0 amide bonds. The first kappa shape index (κ1) is 33.8. The van der Waals surface area contributed by atoms with Gasteiger partial charge < -0.3 is 9.47 Å². The number of rotatable bonds is 12. The van der Waals surface area contributed by atoms with E-state index in [0.717, 1.165) is 76.2 Å². The molecule has 248 valence electrons. The molecule has 2 bridgehead atoms. The third-order valence-corrected chi connectivity index (χ3v) is 14.9. The Labute approximate surface area is 264 Å². The molecular formula is C33H52N2O7S2. The summed E-state index contributed by atoms with van der Waals surface area (Å²) in [5.41, 5.74) is -0.215. The number of esters is 1. The summed E-state index contributed by atoms with van der Waals surface area (Å²) >= 11 is 0. The maximum absolute atomic E-state index is 14.7. The van der Waals surface area contributed by atoms with Gasteiger partial charge in [-0.05, 0) is 82.3 Å². The second kappa shape index (κ2) is 13.3. The van der Waals surface area contributed by atoms with Gasteiger partial charge in [-0.15, -0.1) is 0 Å². The highest BCUT2D eigenvalue weighted by atomic mass is 32.2. The van der Waals surface area contributed by atoms with Gasteiger partial charge in [0.15, 0.2) is 0 Å². The number of hydrogen-bond donors (Lipinski definition) is 1. The molecule has 11 heteroatoms. The molecule has 4 aliphatic carbocycles. The molecule has 1 aromatic carbocycles. The van der Waals surface area contributed by atoms with Crippen LogP contribution in [0.5, 0.6) is 0 Å². The van der Waals surface area contributed by atoms with Crippen molar-refractivity contribution in [3.63, 3.8) is 0 Å². The lowest BCUT2D eigenvalue weighted by Gasteiger charge is -2.46. The van der Waals surface area contributed by atoms with Crippen molar-refractivity contribution in [2.45, 2.75) is 140 Å². The summed E-state index contributed by atoms with van der Waals surface area (Å²) in [5.74, 6) is -0.671. The molecule has 0 aliphatic heterocycles. The van der Waals surface area contributed by atoms with Crippen LogP contribution in [0, 0.1) is 23.7 Å². The van der Waals surface area contributed by atoms with Crippen molar-refractivity contribution >= 4 is 26.0 Å². The lowest BCUT2D eigenvalue weighted by molar-refractivity contribution is -0.170. The average molecular weight is 653 g/mol. The van der Waals surface area contributed by atoms with E-state index in [1.807, 2.05) is 11.2 Å². The molecule has 1 N–H and O–H groups in total. The molecule has 5 rings (SSSR count). The van der Waals surface area contributed by atoms with Gasteiger partial charge in [0, 0.05) is 24.1 Å². The molecule has 4 fully saturated rings. The summed E-state index contributed by atoms with van der Waals surface area (Å²) in [6.45, 7) is 7.88. The average Bonchev–Trinajstić information content (AvgIpc) is 3.33. The van der Waals surface area contributed by atoms with Gasteiger partial charge in [0.2, 0.25) is 26.3 Å². The topological polar surface area (TPSA) is 119 Å². The summed E-state index contributed by atoms with van der Waals surface area (Å²) in [6.07, 6.45) is 10.1. The first-order valence-corrected chi connectivity index (χ1v) is 19.8. The van der Waals surface area contributed by atoms with Crippen LogP contribution < -0.4 is 4.72 Å². The Morgan fingerprint density at radius 1 is 0.932 bits per heavy atom. The minimum absolute atomic E-state index is 0.0229. The highest BCUT2D eigenvalue weighted by molar-refractivity contribution is 7.89. The van der Waals surface area contributed by atoms with Crippen molar-refractivity contribution in [2.24, 2.45) is 16.7 Å². The van der Waals surface area contributed by atoms with Crippen LogP contribution in [0.15, 0.2) is 29.2 Å². The van der Waals surface area contributed by atoms with Crippen LogP contribution in [0.3, 0.4) is 0 Å². The molecule has 0 heterocycles. The van der Waals surface area contributed by atoms with Crippen LogP contribution in [0.2, 0.25) is 0 Å². The van der Waals surface area contributed by atoms with Crippen molar-refractivity contribution in [2.75, 3.05) is 12.4 Å². The number of nitrogens with one attached hydrogen (secondary N) is 1. The zero-order chi connectivity index (χ0) is 31.8. The van der Waals surface area contributed by atoms with Crippen molar-refractivity contribution in [3.8, 4) is 0 Å². The standard InChI is InChI=1S/C33H52N2O7S2/c1-5-41-30(34-44(39,40)28-18-16-24(2)17-19-28)31(36)42-29-22-25-20-21-33(29,32(25,3)4)23-43(37,38)35(26-12-8-6-9-13-26)27-14-10-7-11-15-27/h16-19,25-27,29-30,34H,5-15,20-23H2,1-4H3/t25-,29-,30-,33-/m1/s1. The quantitative estimate of drug-likeness (QED) is 0.228. The molecule has 1 aromatic rings. The van der Waals surface area contributed by atoms with E-state index >= 15 is 0 Å². The molecule has 4 saturated carbocycles. The molecule has 0 aromatic heterocycles. The summed E-state index contributed by atoms with van der Waals surface area (Å²) in [7, 11) is -7.76. The monoisotopic (exact) mass is 652 g/mol. The van der Waals surface area contributed by atoms with Crippen LogP contribution >= 0.6 is 0 Å². The highest BCUT2D eigenvalue weighted by Gasteiger charge is 2.67. The van der Waals surface area contributed by atoms with E-state index in [9.17, 15) is 21.6 Å². The summed E-state index contributed by atoms with van der Waals surface area (Å²) < 4.78 is 71.6. The van der Waals surface area contributed by atoms with Crippen LogP contribution in [-0.2, 0) is 34.3 Å². The lowest BCUT2D eigenvalue weighted by Crippen LogP contribution is -2.55. The van der Waals surface area contributed by atoms with Crippen LogP contribution in [0.25, 0.3) is 0 Å². The van der Waals surface area contributed by atoms with Gasteiger partial charge in [-0.25, -0.2) is 21.6 Å². The number of aryl methyl sites for hydroxylation is 1. The molecule has 4 atom stereocenters. The summed E-state index contributed by atoms with van der Waals surface area (Å²) in [5, 5.41) is 0. The molecular weight excluding hydrogens is 601 g/mol. The van der Waals surface area contributed by atoms with Gasteiger partial charge in [0.1, 0.15) is 6.10 Å². The predicted octanol–water partition coefficient (Wildman–Crippen LogP) is 5.67. The highest BCUT2D eigenvalue weighted by Crippen LogP contribution is 2.67. The van der Waals surface area contributed by atoms with Gasteiger partial charge in [-0.1, -0.05) is 70.1 Å². The van der Waals surface area contributed by atoms with E-state index < -0.39 is 43.8 Å². The summed E-state index contributed by atoms with van der Waals surface area (Å²) in [4.78, 5) is 13.7. The fourth-order valence-electron chi connectivity index (χ4n) is 8.77. The number of benzene rings is 1. The first-order chi connectivity index (χ1) is 20.8. The van der Waals surface area contributed by atoms with E-state index in [0.29, 0.717) is 12.8 Å². The van der Waals surface area contributed by atoms with Gasteiger partial charge >= 0.3 is 5.97 Å². The van der Waals surface area contributed by atoms with Crippen molar-refractivity contribution in [1.29, 1.82) is 0 Å². The van der Waals surface area contributed by atoms with Gasteiger partial charge in [-0.3, -0.25) is 0 Å². The Hall–Kier alpha value is -1.53. The maximum Gasteiger partial charge on any atom is 0.351 e. The number of nitrogens with zero attached hydrogens (tertiary/aromatic N) is 1. The fraction of sp³-hybridized carbons (Fsp3) is 0.788. The molecule has 0 saturated heterocycles. The van der Waals surface area contributed by atoms with E-state index in [1.54, 1.807) is 19.1 Å². The molecule has 9 nitrogen and oxygen atoms in total. The number of fused-ring (bicyclic) bond motifs is 2. The van der Waals surface area contributed by atoms with Crippen molar-refractivity contribution in [1.82, 2.24) is 9.03 Å². The minimum Gasteiger partial charge on any atom is -0.459 e. The van der Waals surface area contributed by atoms with Crippen molar-refractivity contribution in [3.05, 3.63) is 29.8 Å². The van der Waals surface area contributed by atoms with Crippen LogP contribution in [-0.4, -0.2) is 63.9 Å². The van der Waals surface area contributed by atoms with E-state index in [4.69, 9.17) is 9.47 Å². The van der Waals surface area contributed by atoms with E-state index in [1.165, 1.54) is 12.1 Å². The smallest absolute Gasteiger partial charge is 0.351 e. The van der Waals surface area contributed by atoms with Crippen LogP contribution in [0.4, 0.5) is 0 Å². The Bertz CT molecular complexity index is 1350. The minimum atomic E-state index is -4.07. The van der Waals surface area contributed by atoms with Gasteiger partial charge in [0.05, 0.1) is 10.6 Å². The Morgan fingerprint density at radius 3 is 2.02 bits per heavy atom. The van der Waals surface area contributed by atoms with E-state index in [-0.39, 0.29) is 40.7 Å². The van der Waals surface area contributed by atoms with Gasteiger partial charge in [-0.2, -0.15) is 9.03 Å². The normalized spacial score (nSPS) is 28.8. The Morgan fingerprint density at radius 2 is 1.50 bits per heavy atom. The number of ether oxygens (including phenoxy) is 2. The Kier molecular flexibility index (Phi) is 10.2. The number of carbonyl (C=O) groups excluding carboxylic acids is 1. The first-order valence-electron chi connectivity index (χ1n) is 16.7. The number of carbonyl (C=O) groups is 1. The molecule has 44 heavy (non-hydrogen) atoms. The molecule has 4 aliphatic rings. The largest absolute Gasteiger partial charge is 0.459 e. The fourth-order valence-corrected chi connectivity index (χ4v) is 12.7. The van der Waals surface area contributed by atoms with Crippen LogP contribution in [0.1, 0.15) is 110 Å².